The van der Waals surface area contributed by atoms with Crippen LogP contribution < -0.4 is 0 Å². The Bertz CT molecular complexity index is 422. The molecular weight excluding hydrogens is 253 g/mol. The molecule has 0 saturated heterocycles. The van der Waals surface area contributed by atoms with E-state index in [9.17, 15) is 9.50 Å². The molecule has 1 aliphatic carbocycles. The average Bonchev–Trinajstić information content (AvgIpc) is 3.15. The van der Waals surface area contributed by atoms with E-state index in [1.165, 1.54) is 6.07 Å². The van der Waals surface area contributed by atoms with E-state index >= 15 is 0 Å². The molecule has 1 saturated carbocycles. The smallest absolute Gasteiger partial charge is 0.141 e. The molecule has 2 nitrogen and oxygen atoms in total. The quantitative estimate of drug-likeness (QED) is 0.889. The van der Waals surface area contributed by atoms with Gasteiger partial charge in [-0.1, -0.05) is 17.7 Å². The van der Waals surface area contributed by atoms with Crippen LogP contribution >= 0.6 is 11.6 Å². The number of nitrogens with zero attached hydrogens (tertiary/aromatic N) is 1. The van der Waals surface area contributed by atoms with Gasteiger partial charge in [-0.2, -0.15) is 0 Å². The van der Waals surface area contributed by atoms with Gasteiger partial charge in [0.25, 0.3) is 0 Å². The molecule has 0 aliphatic heterocycles. The van der Waals surface area contributed by atoms with Gasteiger partial charge in [0.15, 0.2) is 0 Å². The third-order valence-electron chi connectivity index (χ3n) is 3.73. The van der Waals surface area contributed by atoms with Gasteiger partial charge in [-0.05, 0) is 50.4 Å². The first-order valence-corrected chi connectivity index (χ1v) is 6.70. The lowest BCUT2D eigenvalue weighted by atomic mass is 10.1. The number of hydrogen-bond acceptors (Lipinski definition) is 2. The molecular formula is C14H19ClFNO. The molecule has 2 atom stereocenters. The van der Waals surface area contributed by atoms with Gasteiger partial charge in [-0.25, -0.2) is 4.39 Å². The summed E-state index contributed by atoms with van der Waals surface area (Å²) in [5.41, 5.74) is 0.965. The fourth-order valence-corrected chi connectivity index (χ4v) is 2.30. The highest BCUT2D eigenvalue weighted by Crippen LogP contribution is 2.33. The van der Waals surface area contributed by atoms with Gasteiger partial charge in [0.1, 0.15) is 5.82 Å². The fourth-order valence-electron chi connectivity index (χ4n) is 2.11. The lowest BCUT2D eigenvalue weighted by Crippen LogP contribution is -2.32. The van der Waals surface area contributed by atoms with Crippen molar-refractivity contribution in [2.45, 2.75) is 31.9 Å². The first-order chi connectivity index (χ1) is 8.49. The minimum atomic E-state index is -0.395. The van der Waals surface area contributed by atoms with E-state index in [1.54, 1.807) is 12.1 Å². The van der Waals surface area contributed by atoms with Crippen LogP contribution in [0.3, 0.4) is 0 Å². The van der Waals surface area contributed by atoms with Gasteiger partial charge in [0, 0.05) is 12.6 Å². The van der Waals surface area contributed by atoms with E-state index < -0.39 is 5.82 Å². The van der Waals surface area contributed by atoms with Gasteiger partial charge < -0.3 is 5.11 Å². The van der Waals surface area contributed by atoms with E-state index in [4.69, 9.17) is 11.6 Å². The normalized spacial score (nSPS) is 19.0. The van der Waals surface area contributed by atoms with Crippen LogP contribution in [-0.4, -0.2) is 29.7 Å². The molecule has 18 heavy (non-hydrogen) atoms. The summed E-state index contributed by atoms with van der Waals surface area (Å²) in [5.74, 6) is 0.0738. The Hall–Kier alpha value is -0.640. The van der Waals surface area contributed by atoms with Crippen molar-refractivity contribution in [3.05, 3.63) is 34.6 Å². The van der Waals surface area contributed by atoms with Gasteiger partial charge in [-0.3, -0.25) is 4.90 Å². The molecule has 0 amide bonds. The highest BCUT2D eigenvalue weighted by Gasteiger charge is 2.31. The molecule has 4 heteroatoms. The van der Waals surface area contributed by atoms with Crippen LogP contribution in [0.4, 0.5) is 4.39 Å². The summed E-state index contributed by atoms with van der Waals surface area (Å²) in [5, 5.41) is 10.1. The third kappa shape index (κ3) is 3.22. The van der Waals surface area contributed by atoms with Gasteiger partial charge in [-0.15, -0.1) is 0 Å². The minimum Gasteiger partial charge on any atom is -0.392 e. The lowest BCUT2D eigenvalue weighted by Gasteiger charge is -2.27. The Kier molecular flexibility index (Phi) is 4.25. The second-order valence-corrected chi connectivity index (χ2v) is 5.60. The van der Waals surface area contributed by atoms with Crippen LogP contribution in [0.5, 0.6) is 0 Å². The molecule has 2 unspecified atom stereocenters. The van der Waals surface area contributed by atoms with Crippen molar-refractivity contribution in [2.75, 3.05) is 13.6 Å². The SMILES string of the molecule is CC(c1ccc(F)c(Cl)c1)N(C)CC(O)C1CC1. The summed E-state index contributed by atoms with van der Waals surface area (Å²) in [6, 6.07) is 4.89. The van der Waals surface area contributed by atoms with Crippen molar-refractivity contribution in [1.29, 1.82) is 0 Å². The predicted octanol–water partition coefficient (Wildman–Crippen LogP) is 3.24. The predicted molar refractivity (Wildman–Crippen MR) is 71.2 cm³/mol. The first-order valence-electron chi connectivity index (χ1n) is 6.32. The Balaban J connectivity index is 2.00. The molecule has 1 N–H and O–H groups in total. The van der Waals surface area contributed by atoms with E-state index in [1.807, 2.05) is 14.0 Å². The van der Waals surface area contributed by atoms with Gasteiger partial charge >= 0.3 is 0 Å². The molecule has 0 aromatic heterocycles. The number of halogens is 2. The summed E-state index contributed by atoms with van der Waals surface area (Å²) in [6.07, 6.45) is 2.01. The van der Waals surface area contributed by atoms with Crippen molar-refractivity contribution in [3.63, 3.8) is 0 Å². The molecule has 1 aromatic rings. The maximum Gasteiger partial charge on any atom is 0.141 e. The highest BCUT2D eigenvalue weighted by atomic mass is 35.5. The lowest BCUT2D eigenvalue weighted by molar-refractivity contribution is 0.0911. The standard InChI is InChI=1S/C14H19ClFNO/c1-9(11-5-6-13(16)12(15)7-11)17(2)8-14(18)10-3-4-10/h5-7,9-10,14,18H,3-4,8H2,1-2H3. The summed E-state index contributed by atoms with van der Waals surface area (Å²) >= 11 is 5.79. The second kappa shape index (κ2) is 5.55. The maximum atomic E-state index is 13.1. The summed E-state index contributed by atoms with van der Waals surface area (Å²) in [7, 11) is 1.97. The first kappa shape index (κ1) is 13.8. The molecule has 2 rings (SSSR count). The minimum absolute atomic E-state index is 0.108. The summed E-state index contributed by atoms with van der Waals surface area (Å²) < 4.78 is 13.1. The monoisotopic (exact) mass is 271 g/mol. The van der Waals surface area contributed by atoms with Crippen molar-refractivity contribution in [1.82, 2.24) is 4.90 Å². The van der Waals surface area contributed by atoms with Gasteiger partial charge in [0.05, 0.1) is 11.1 Å². The Labute approximate surface area is 112 Å². The second-order valence-electron chi connectivity index (χ2n) is 5.19. The van der Waals surface area contributed by atoms with Crippen molar-refractivity contribution < 1.29 is 9.50 Å². The van der Waals surface area contributed by atoms with E-state index in [2.05, 4.69) is 4.90 Å². The van der Waals surface area contributed by atoms with Crippen LogP contribution in [-0.2, 0) is 0 Å². The molecule has 0 bridgehead atoms. The number of likely N-dealkylation sites (N-methyl/N-ethyl adjacent to an activating group) is 1. The highest BCUT2D eigenvalue weighted by molar-refractivity contribution is 6.30. The Morgan fingerprint density at radius 1 is 1.50 bits per heavy atom. The average molecular weight is 272 g/mol. The van der Waals surface area contributed by atoms with Crippen LogP contribution in [0.1, 0.15) is 31.4 Å². The van der Waals surface area contributed by atoms with Gasteiger partial charge in [0.2, 0.25) is 0 Å². The third-order valence-corrected chi connectivity index (χ3v) is 4.02. The summed E-state index contributed by atoms with van der Waals surface area (Å²) in [4.78, 5) is 2.08. The number of aliphatic hydroxyl groups excluding tert-OH is 1. The molecule has 0 spiro atoms. The molecule has 1 aromatic carbocycles. The van der Waals surface area contributed by atoms with Crippen LogP contribution in [0, 0.1) is 11.7 Å². The van der Waals surface area contributed by atoms with Crippen molar-refractivity contribution in [2.24, 2.45) is 5.92 Å². The zero-order chi connectivity index (χ0) is 13.3. The molecule has 1 fully saturated rings. The fraction of sp³-hybridized carbons (Fsp3) is 0.571. The number of hydrogen-bond donors (Lipinski definition) is 1. The topological polar surface area (TPSA) is 23.5 Å². The number of benzene rings is 1. The van der Waals surface area contributed by atoms with Crippen LogP contribution in [0.15, 0.2) is 18.2 Å². The van der Waals surface area contributed by atoms with Crippen LogP contribution in [0.25, 0.3) is 0 Å². The number of rotatable bonds is 5. The van der Waals surface area contributed by atoms with E-state index in [0.29, 0.717) is 12.5 Å². The zero-order valence-electron chi connectivity index (χ0n) is 10.7. The number of aliphatic hydroxyl groups is 1. The molecule has 0 heterocycles. The van der Waals surface area contributed by atoms with Crippen molar-refractivity contribution >= 4 is 11.6 Å². The van der Waals surface area contributed by atoms with Crippen LogP contribution in [0.2, 0.25) is 5.02 Å². The Morgan fingerprint density at radius 3 is 2.72 bits per heavy atom. The molecule has 1 aliphatic rings. The molecule has 0 radical (unpaired) electrons. The Morgan fingerprint density at radius 2 is 2.17 bits per heavy atom. The maximum absolute atomic E-state index is 13.1. The van der Waals surface area contributed by atoms with E-state index in [0.717, 1.165) is 18.4 Å². The zero-order valence-corrected chi connectivity index (χ0v) is 11.5. The van der Waals surface area contributed by atoms with Crippen molar-refractivity contribution in [3.8, 4) is 0 Å². The summed E-state index contributed by atoms with van der Waals surface area (Å²) in [6.45, 7) is 2.67. The van der Waals surface area contributed by atoms with E-state index in [-0.39, 0.29) is 17.2 Å². The molecule has 100 valence electrons. The largest absolute Gasteiger partial charge is 0.392 e.